The third-order valence-corrected chi connectivity index (χ3v) is 6.45. The van der Waals surface area contributed by atoms with Gasteiger partial charge in [-0.1, -0.05) is 35.9 Å². The third-order valence-electron chi connectivity index (χ3n) is 6.25. The van der Waals surface area contributed by atoms with Crippen molar-refractivity contribution in [2.45, 2.75) is 19.4 Å². The number of nitrogens with zero attached hydrogens (tertiary/aromatic N) is 5. The molecule has 1 N–H and O–H groups in total. The van der Waals surface area contributed by atoms with Gasteiger partial charge in [-0.05, 0) is 42.8 Å². The van der Waals surface area contributed by atoms with E-state index in [4.69, 9.17) is 11.6 Å². The van der Waals surface area contributed by atoms with Crippen molar-refractivity contribution >= 4 is 34.1 Å². The minimum atomic E-state index is -0.572. The van der Waals surface area contributed by atoms with Gasteiger partial charge in [-0.25, -0.2) is 9.49 Å². The number of likely N-dealkylation sites (N-methyl/N-ethyl adjacent to an activating group) is 1. The average Bonchev–Trinajstić information content (AvgIpc) is 2.84. The van der Waals surface area contributed by atoms with Crippen LogP contribution in [0.4, 0.5) is 10.2 Å². The van der Waals surface area contributed by atoms with Crippen molar-refractivity contribution in [3.05, 3.63) is 92.7 Å². The quantitative estimate of drug-likeness (QED) is 0.443. The summed E-state index contributed by atoms with van der Waals surface area (Å²) in [6.45, 7) is 3.59. The van der Waals surface area contributed by atoms with Crippen LogP contribution in [0.15, 0.2) is 59.4 Å². The molecule has 5 rings (SSSR count). The number of nitrogens with one attached hydrogen (secondary N) is 1. The number of halogens is 2. The standard InChI is InChI=1S/C25H22ClFN6O2/c1-2-33(23-10-9-22(26)29-30-23)16-13-32(14-16)25(35)19-11-15(7-8-20(19)27)12-21-17-5-3-4-6-18(17)24(34)31-28-21/h3-11,16H,2,12-14H2,1H3,(H,31,34). The SMILES string of the molecule is CCN(c1ccc(Cl)nn1)C1CN(C(=O)c2cc(Cc3n[nH]c(=O)c4ccccc34)ccc2F)C1. The predicted octanol–water partition coefficient (Wildman–Crippen LogP) is 3.45. The molecule has 2 aromatic carbocycles. The van der Waals surface area contributed by atoms with Crippen LogP contribution < -0.4 is 10.5 Å². The third kappa shape index (κ3) is 4.46. The number of fused-ring (bicyclic) bond motifs is 1. The van der Waals surface area contributed by atoms with Gasteiger partial charge in [0.15, 0.2) is 11.0 Å². The Balaban J connectivity index is 1.33. The van der Waals surface area contributed by atoms with Crippen molar-refractivity contribution in [2.75, 3.05) is 24.5 Å². The first-order valence-corrected chi connectivity index (χ1v) is 11.6. The lowest BCUT2D eigenvalue weighted by Gasteiger charge is -2.45. The molecule has 3 heterocycles. The van der Waals surface area contributed by atoms with Crippen LogP contribution in [-0.2, 0) is 6.42 Å². The van der Waals surface area contributed by atoms with Gasteiger partial charge in [0.25, 0.3) is 11.5 Å². The fraction of sp³-hybridized carbons (Fsp3) is 0.240. The van der Waals surface area contributed by atoms with Gasteiger partial charge in [0.1, 0.15) is 5.82 Å². The minimum absolute atomic E-state index is 0.0176. The highest BCUT2D eigenvalue weighted by atomic mass is 35.5. The number of aromatic nitrogens is 4. The maximum Gasteiger partial charge on any atom is 0.272 e. The Morgan fingerprint density at radius 3 is 2.63 bits per heavy atom. The molecule has 10 heteroatoms. The number of hydrogen-bond acceptors (Lipinski definition) is 6. The van der Waals surface area contributed by atoms with Gasteiger partial charge in [-0.3, -0.25) is 9.59 Å². The number of anilines is 1. The number of benzene rings is 2. The van der Waals surface area contributed by atoms with E-state index in [1.54, 1.807) is 41.3 Å². The molecule has 2 aromatic heterocycles. The number of carbonyl (C=O) groups excluding carboxylic acids is 1. The van der Waals surface area contributed by atoms with Crippen LogP contribution in [0.2, 0.25) is 5.15 Å². The Bertz CT molecular complexity index is 1450. The second kappa shape index (κ2) is 9.42. The lowest BCUT2D eigenvalue weighted by atomic mass is 10.00. The van der Waals surface area contributed by atoms with Crippen LogP contribution in [0, 0.1) is 5.82 Å². The van der Waals surface area contributed by atoms with E-state index >= 15 is 0 Å². The lowest BCUT2D eigenvalue weighted by molar-refractivity contribution is 0.0594. The van der Waals surface area contributed by atoms with Gasteiger partial charge in [-0.2, -0.15) is 5.10 Å². The maximum absolute atomic E-state index is 14.7. The summed E-state index contributed by atoms with van der Waals surface area (Å²) < 4.78 is 14.7. The molecule has 0 saturated carbocycles. The van der Waals surface area contributed by atoms with Crippen LogP contribution in [0.5, 0.6) is 0 Å². The average molecular weight is 493 g/mol. The summed E-state index contributed by atoms with van der Waals surface area (Å²) in [6, 6.07) is 15.2. The van der Waals surface area contributed by atoms with Crippen molar-refractivity contribution in [1.82, 2.24) is 25.3 Å². The smallest absolute Gasteiger partial charge is 0.272 e. The Labute approximate surface area is 205 Å². The van der Waals surface area contributed by atoms with Crippen molar-refractivity contribution < 1.29 is 9.18 Å². The monoisotopic (exact) mass is 492 g/mol. The fourth-order valence-electron chi connectivity index (χ4n) is 4.40. The molecule has 0 aliphatic carbocycles. The summed E-state index contributed by atoms with van der Waals surface area (Å²) in [6.07, 6.45) is 0.347. The van der Waals surface area contributed by atoms with E-state index in [1.807, 2.05) is 24.0 Å². The number of aromatic amines is 1. The summed E-state index contributed by atoms with van der Waals surface area (Å²) in [4.78, 5) is 28.8. The summed E-state index contributed by atoms with van der Waals surface area (Å²) in [5.74, 6) is -0.252. The molecule has 0 radical (unpaired) electrons. The number of hydrogen-bond donors (Lipinski definition) is 1. The lowest BCUT2D eigenvalue weighted by Crippen LogP contribution is -2.61. The molecule has 4 aromatic rings. The zero-order valence-corrected chi connectivity index (χ0v) is 19.7. The molecule has 35 heavy (non-hydrogen) atoms. The summed E-state index contributed by atoms with van der Waals surface area (Å²) >= 11 is 5.83. The van der Waals surface area contributed by atoms with E-state index < -0.39 is 5.82 Å². The largest absolute Gasteiger partial charge is 0.349 e. The van der Waals surface area contributed by atoms with Gasteiger partial charge >= 0.3 is 0 Å². The summed E-state index contributed by atoms with van der Waals surface area (Å²) in [5.41, 5.74) is 1.13. The van der Waals surface area contributed by atoms with Gasteiger partial charge in [0, 0.05) is 31.4 Å². The van der Waals surface area contributed by atoms with Crippen LogP contribution in [-0.4, -0.2) is 56.9 Å². The Hall–Kier alpha value is -3.85. The number of carbonyl (C=O) groups is 1. The van der Waals surface area contributed by atoms with Crippen LogP contribution >= 0.6 is 11.6 Å². The van der Waals surface area contributed by atoms with E-state index in [0.29, 0.717) is 48.1 Å². The Kier molecular flexibility index (Phi) is 6.17. The van der Waals surface area contributed by atoms with E-state index in [-0.39, 0.29) is 23.1 Å². The summed E-state index contributed by atoms with van der Waals surface area (Å²) in [5, 5.41) is 16.3. The molecule has 1 aliphatic heterocycles. The molecule has 0 atom stereocenters. The molecule has 0 bridgehead atoms. The molecule has 1 fully saturated rings. The van der Waals surface area contributed by atoms with Crippen LogP contribution in [0.3, 0.4) is 0 Å². The highest BCUT2D eigenvalue weighted by Crippen LogP contribution is 2.25. The van der Waals surface area contributed by atoms with E-state index in [0.717, 1.165) is 10.9 Å². The van der Waals surface area contributed by atoms with Gasteiger partial charge in [0.2, 0.25) is 0 Å². The van der Waals surface area contributed by atoms with E-state index in [2.05, 4.69) is 20.4 Å². The first kappa shape index (κ1) is 22.9. The highest BCUT2D eigenvalue weighted by Gasteiger charge is 2.36. The van der Waals surface area contributed by atoms with E-state index in [9.17, 15) is 14.0 Å². The normalized spacial score (nSPS) is 13.6. The van der Waals surface area contributed by atoms with Crippen molar-refractivity contribution in [1.29, 1.82) is 0 Å². The molecule has 1 amide bonds. The van der Waals surface area contributed by atoms with Crippen LogP contribution in [0.25, 0.3) is 10.8 Å². The number of rotatable bonds is 6. The Morgan fingerprint density at radius 2 is 1.91 bits per heavy atom. The molecule has 0 unspecified atom stereocenters. The number of likely N-dealkylation sites (tertiary alicyclic amines) is 1. The molecule has 0 spiro atoms. The first-order chi connectivity index (χ1) is 16.9. The van der Waals surface area contributed by atoms with Crippen molar-refractivity contribution in [3.8, 4) is 0 Å². The van der Waals surface area contributed by atoms with Gasteiger partial charge < -0.3 is 9.80 Å². The number of H-pyrrole nitrogens is 1. The number of amides is 1. The van der Waals surface area contributed by atoms with E-state index in [1.165, 1.54) is 6.07 Å². The van der Waals surface area contributed by atoms with Crippen LogP contribution in [0.1, 0.15) is 28.5 Å². The molecular formula is C25H22ClFN6O2. The molecule has 8 nitrogen and oxygen atoms in total. The van der Waals surface area contributed by atoms with Gasteiger partial charge in [-0.15, -0.1) is 10.2 Å². The van der Waals surface area contributed by atoms with Gasteiger partial charge in [0.05, 0.1) is 22.7 Å². The first-order valence-electron chi connectivity index (χ1n) is 11.2. The highest BCUT2D eigenvalue weighted by molar-refractivity contribution is 6.29. The molecule has 1 aliphatic rings. The minimum Gasteiger partial charge on any atom is -0.349 e. The topological polar surface area (TPSA) is 95.1 Å². The predicted molar refractivity (Wildman–Crippen MR) is 131 cm³/mol. The molecular weight excluding hydrogens is 471 g/mol. The second-order valence-corrected chi connectivity index (χ2v) is 8.79. The Morgan fingerprint density at radius 1 is 1.14 bits per heavy atom. The summed E-state index contributed by atoms with van der Waals surface area (Å²) in [7, 11) is 0. The van der Waals surface area contributed by atoms with Crippen molar-refractivity contribution in [2.24, 2.45) is 0 Å². The zero-order chi connectivity index (χ0) is 24.5. The fourth-order valence-corrected chi connectivity index (χ4v) is 4.50. The second-order valence-electron chi connectivity index (χ2n) is 8.40. The maximum atomic E-state index is 14.7. The molecule has 1 saturated heterocycles. The molecule has 178 valence electrons. The zero-order valence-electron chi connectivity index (χ0n) is 18.9. The van der Waals surface area contributed by atoms with Crippen molar-refractivity contribution in [3.63, 3.8) is 0 Å².